The number of nitrogens with one attached hydrogen (secondary N) is 1. The van der Waals surface area contributed by atoms with Crippen LogP contribution in [0.25, 0.3) is 0 Å². The summed E-state index contributed by atoms with van der Waals surface area (Å²) < 4.78 is 38.1. The van der Waals surface area contributed by atoms with Crippen molar-refractivity contribution in [2.75, 3.05) is 58.5 Å². The molecule has 30 heavy (non-hydrogen) atoms. The minimum absolute atomic E-state index is 0.311. The summed E-state index contributed by atoms with van der Waals surface area (Å²) in [6.07, 6.45) is 0. The topological polar surface area (TPSA) is 49.3 Å². The van der Waals surface area contributed by atoms with Gasteiger partial charge >= 0.3 is 0 Å². The van der Waals surface area contributed by atoms with E-state index >= 15 is 0 Å². The van der Waals surface area contributed by atoms with Crippen LogP contribution < -0.4 is 15.0 Å². The monoisotopic (exact) mass is 418 g/mol. The minimum Gasteiger partial charge on any atom is -0.491 e. The van der Waals surface area contributed by atoms with Crippen LogP contribution in [-0.4, -0.2) is 64.4 Å². The van der Waals surface area contributed by atoms with Gasteiger partial charge in [0.25, 0.3) is 0 Å². The van der Waals surface area contributed by atoms with Gasteiger partial charge in [0.15, 0.2) is 5.96 Å². The summed E-state index contributed by atoms with van der Waals surface area (Å²) in [7, 11) is 3.39. The Kier molecular flexibility index (Phi) is 7.84. The maximum atomic E-state index is 14.0. The zero-order chi connectivity index (χ0) is 21.3. The van der Waals surface area contributed by atoms with Crippen molar-refractivity contribution in [3.8, 4) is 5.75 Å². The summed E-state index contributed by atoms with van der Waals surface area (Å²) in [4.78, 5) is 8.35. The highest BCUT2D eigenvalue weighted by atomic mass is 19.1. The van der Waals surface area contributed by atoms with Gasteiger partial charge in [-0.25, -0.2) is 8.78 Å². The number of halogens is 2. The molecule has 0 bridgehead atoms. The van der Waals surface area contributed by atoms with Crippen molar-refractivity contribution >= 4 is 11.6 Å². The molecule has 0 aliphatic carbocycles. The highest BCUT2D eigenvalue weighted by molar-refractivity contribution is 5.80. The number of hydrogen-bond donors (Lipinski definition) is 1. The van der Waals surface area contributed by atoms with Crippen LogP contribution in [0.2, 0.25) is 0 Å². The van der Waals surface area contributed by atoms with Crippen molar-refractivity contribution in [2.45, 2.75) is 6.54 Å². The Balaban J connectivity index is 1.49. The van der Waals surface area contributed by atoms with Crippen LogP contribution in [0.3, 0.4) is 0 Å². The maximum absolute atomic E-state index is 14.0. The molecule has 0 atom stereocenters. The lowest BCUT2D eigenvalue weighted by Crippen LogP contribution is -2.52. The molecule has 1 N–H and O–H groups in total. The van der Waals surface area contributed by atoms with E-state index in [2.05, 4.69) is 15.2 Å². The van der Waals surface area contributed by atoms with Crippen LogP contribution in [0, 0.1) is 11.6 Å². The average molecular weight is 418 g/mol. The number of guanidine groups is 1. The molecule has 0 radical (unpaired) electrons. The van der Waals surface area contributed by atoms with Gasteiger partial charge in [-0.1, -0.05) is 12.1 Å². The SMILES string of the molecule is CN=C(NCc1ccc(OCCOC)cc1)N1CCN(c2cc(F)ccc2F)CC1. The molecule has 6 nitrogen and oxygen atoms in total. The molecule has 1 aliphatic rings. The molecule has 1 heterocycles. The normalized spacial score (nSPS) is 14.7. The number of nitrogens with zero attached hydrogens (tertiary/aromatic N) is 3. The largest absolute Gasteiger partial charge is 0.491 e. The maximum Gasteiger partial charge on any atom is 0.194 e. The number of piperazine rings is 1. The Morgan fingerprint density at radius 2 is 1.77 bits per heavy atom. The zero-order valence-corrected chi connectivity index (χ0v) is 17.4. The lowest BCUT2D eigenvalue weighted by molar-refractivity contribution is 0.146. The van der Waals surface area contributed by atoms with Crippen molar-refractivity contribution < 1.29 is 18.3 Å². The van der Waals surface area contributed by atoms with E-state index in [0.29, 0.717) is 51.6 Å². The molecule has 0 unspecified atom stereocenters. The number of aliphatic imine (C=N–C) groups is 1. The second-order valence-corrected chi connectivity index (χ2v) is 6.96. The third kappa shape index (κ3) is 5.82. The van der Waals surface area contributed by atoms with Gasteiger partial charge in [0.1, 0.15) is 24.0 Å². The Morgan fingerprint density at radius 1 is 1.03 bits per heavy atom. The summed E-state index contributed by atoms with van der Waals surface area (Å²) in [5, 5.41) is 3.36. The van der Waals surface area contributed by atoms with Crippen molar-refractivity contribution in [3.63, 3.8) is 0 Å². The Bertz CT molecular complexity index is 838. The quantitative estimate of drug-likeness (QED) is 0.426. The lowest BCUT2D eigenvalue weighted by Gasteiger charge is -2.37. The first-order chi connectivity index (χ1) is 14.6. The van der Waals surface area contributed by atoms with Gasteiger partial charge in [-0.3, -0.25) is 4.99 Å². The molecule has 162 valence electrons. The summed E-state index contributed by atoms with van der Waals surface area (Å²) >= 11 is 0. The van der Waals surface area contributed by atoms with Gasteiger partial charge in [0, 0.05) is 52.9 Å². The van der Waals surface area contributed by atoms with Crippen molar-refractivity contribution in [1.82, 2.24) is 10.2 Å². The molecule has 0 spiro atoms. The zero-order valence-electron chi connectivity index (χ0n) is 17.4. The molecular formula is C22H28F2N4O2. The summed E-state index contributed by atoms with van der Waals surface area (Å²) in [5.41, 5.74) is 1.42. The molecule has 1 saturated heterocycles. The first-order valence-electron chi connectivity index (χ1n) is 9.97. The number of hydrogen-bond acceptors (Lipinski definition) is 4. The van der Waals surface area contributed by atoms with Gasteiger partial charge in [-0.2, -0.15) is 0 Å². The van der Waals surface area contributed by atoms with Gasteiger partial charge in [0.05, 0.1) is 12.3 Å². The molecule has 3 rings (SSSR count). The van der Waals surface area contributed by atoms with Crippen molar-refractivity contribution in [2.24, 2.45) is 4.99 Å². The molecule has 0 saturated carbocycles. The number of rotatable bonds is 7. The fraction of sp³-hybridized carbons (Fsp3) is 0.409. The number of anilines is 1. The van der Waals surface area contributed by atoms with Crippen LogP contribution in [0.4, 0.5) is 14.5 Å². The second kappa shape index (κ2) is 10.8. The molecule has 8 heteroatoms. The fourth-order valence-electron chi connectivity index (χ4n) is 3.35. The molecule has 1 aliphatic heterocycles. The standard InChI is InChI=1S/C22H28F2N4O2/c1-25-22(26-16-17-3-6-19(7-4-17)30-14-13-29-2)28-11-9-27(10-12-28)21-15-18(23)5-8-20(21)24/h3-8,15H,9-14,16H2,1-2H3,(H,25,26). The van der Waals surface area contributed by atoms with Crippen molar-refractivity contribution in [1.29, 1.82) is 0 Å². The van der Waals surface area contributed by atoms with E-state index in [0.717, 1.165) is 23.3 Å². The van der Waals surface area contributed by atoms with Gasteiger partial charge in [0.2, 0.25) is 0 Å². The van der Waals surface area contributed by atoms with E-state index < -0.39 is 11.6 Å². The first-order valence-corrected chi connectivity index (χ1v) is 9.97. The summed E-state index contributed by atoms with van der Waals surface area (Å²) in [6, 6.07) is 11.4. The average Bonchev–Trinajstić information content (AvgIpc) is 2.77. The van der Waals surface area contributed by atoms with E-state index in [9.17, 15) is 8.78 Å². The first kappa shape index (κ1) is 21.8. The van der Waals surface area contributed by atoms with Crippen LogP contribution in [0.5, 0.6) is 5.75 Å². The van der Waals surface area contributed by atoms with Crippen LogP contribution in [-0.2, 0) is 11.3 Å². The minimum atomic E-state index is -0.429. The molecule has 2 aromatic rings. The Hall–Kier alpha value is -2.87. The highest BCUT2D eigenvalue weighted by Gasteiger charge is 2.22. The number of methoxy groups -OCH3 is 1. The van der Waals surface area contributed by atoms with Crippen LogP contribution >= 0.6 is 0 Å². The number of ether oxygens (including phenoxy) is 2. The van der Waals surface area contributed by atoms with E-state index in [1.54, 1.807) is 14.2 Å². The van der Waals surface area contributed by atoms with E-state index in [4.69, 9.17) is 9.47 Å². The van der Waals surface area contributed by atoms with Gasteiger partial charge in [-0.05, 0) is 29.8 Å². The molecule has 0 aromatic heterocycles. The second-order valence-electron chi connectivity index (χ2n) is 6.96. The predicted octanol–water partition coefficient (Wildman–Crippen LogP) is 2.89. The van der Waals surface area contributed by atoms with Gasteiger partial charge < -0.3 is 24.6 Å². The van der Waals surface area contributed by atoms with Gasteiger partial charge in [-0.15, -0.1) is 0 Å². The molecule has 0 amide bonds. The predicted molar refractivity (Wildman–Crippen MR) is 114 cm³/mol. The molecular weight excluding hydrogens is 390 g/mol. The smallest absolute Gasteiger partial charge is 0.194 e. The van der Waals surface area contributed by atoms with E-state index in [-0.39, 0.29) is 0 Å². The van der Waals surface area contributed by atoms with Crippen LogP contribution in [0.1, 0.15) is 5.56 Å². The molecule has 2 aromatic carbocycles. The lowest BCUT2D eigenvalue weighted by atomic mass is 10.2. The third-order valence-corrected chi connectivity index (χ3v) is 4.97. The summed E-state index contributed by atoms with van der Waals surface area (Å²) in [6.45, 7) is 4.22. The Labute approximate surface area is 176 Å². The van der Waals surface area contributed by atoms with Crippen LogP contribution in [0.15, 0.2) is 47.5 Å². The van der Waals surface area contributed by atoms with E-state index in [1.807, 2.05) is 29.2 Å². The molecule has 1 fully saturated rings. The Morgan fingerprint density at radius 3 is 2.43 bits per heavy atom. The fourth-order valence-corrected chi connectivity index (χ4v) is 3.35. The number of benzene rings is 2. The van der Waals surface area contributed by atoms with Crippen molar-refractivity contribution in [3.05, 3.63) is 59.7 Å². The third-order valence-electron chi connectivity index (χ3n) is 4.97. The summed E-state index contributed by atoms with van der Waals surface area (Å²) in [5.74, 6) is 0.763. The highest BCUT2D eigenvalue weighted by Crippen LogP contribution is 2.22. The van der Waals surface area contributed by atoms with E-state index in [1.165, 1.54) is 12.1 Å².